The number of rotatable bonds is 9. The zero-order valence-electron chi connectivity index (χ0n) is 17.3. The summed E-state index contributed by atoms with van der Waals surface area (Å²) in [7, 11) is -4.07. The second-order valence-electron chi connectivity index (χ2n) is 7.91. The van der Waals surface area contributed by atoms with Crippen molar-refractivity contribution in [1.82, 2.24) is 0 Å². The van der Waals surface area contributed by atoms with Crippen LogP contribution in [0.3, 0.4) is 0 Å². The summed E-state index contributed by atoms with van der Waals surface area (Å²) in [6.07, 6.45) is -1.70. The molecule has 0 saturated carbocycles. The average Bonchev–Trinajstić information content (AvgIpc) is 3.12. The Morgan fingerprint density at radius 1 is 1.13 bits per heavy atom. The van der Waals surface area contributed by atoms with E-state index in [4.69, 9.17) is 19.9 Å². The van der Waals surface area contributed by atoms with Crippen LogP contribution >= 0.6 is 7.60 Å². The van der Waals surface area contributed by atoms with Gasteiger partial charge >= 0.3 is 13.8 Å². The van der Waals surface area contributed by atoms with Crippen LogP contribution in [0.1, 0.15) is 55.3 Å². The Morgan fingerprint density at radius 2 is 1.87 bits per heavy atom. The monoisotopic (exact) mass is 457 g/mol. The highest BCUT2D eigenvalue weighted by molar-refractivity contribution is 7.51. The van der Waals surface area contributed by atoms with Crippen LogP contribution < -0.4 is 5.73 Å². The van der Waals surface area contributed by atoms with Gasteiger partial charge in [0.25, 0.3) is 0 Å². The molecule has 2 aromatic rings. The highest BCUT2D eigenvalue weighted by Crippen LogP contribution is 2.37. The largest absolute Gasteiger partial charge is 0.453 e. The minimum Gasteiger partial charge on any atom is -0.453 e. The van der Waals surface area contributed by atoms with Gasteiger partial charge in [-0.05, 0) is 62.3 Å². The molecule has 1 heterocycles. The van der Waals surface area contributed by atoms with Crippen LogP contribution in [0.15, 0.2) is 40.8 Å². The molecule has 0 aliphatic heterocycles. The summed E-state index contributed by atoms with van der Waals surface area (Å²) in [5.41, 5.74) is 5.36. The normalized spacial score (nSPS) is 14.0. The van der Waals surface area contributed by atoms with Gasteiger partial charge in [-0.1, -0.05) is 24.1 Å². The lowest BCUT2D eigenvalue weighted by Gasteiger charge is -2.24. The minimum absolute atomic E-state index is 0.205. The minimum atomic E-state index is -4.34. The lowest BCUT2D eigenvalue weighted by Crippen LogP contribution is -2.37. The van der Waals surface area contributed by atoms with Crippen molar-refractivity contribution in [2.75, 3.05) is 6.16 Å². The fraction of sp³-hybridized carbons (Fsp3) is 0.455. The maximum absolute atomic E-state index is 12.7. The molecule has 5 nitrogen and oxygen atoms in total. The lowest BCUT2D eigenvalue weighted by molar-refractivity contribution is -0.137. The Labute approximate surface area is 180 Å². The first kappa shape index (κ1) is 25.2. The number of hydrogen-bond acceptors (Lipinski definition) is 3. The molecule has 0 spiro atoms. The molecule has 1 unspecified atom stereocenters. The van der Waals surface area contributed by atoms with Crippen LogP contribution in [0.2, 0.25) is 0 Å². The lowest BCUT2D eigenvalue weighted by atomic mass is 9.93. The molecule has 0 aliphatic rings. The van der Waals surface area contributed by atoms with Gasteiger partial charge in [-0.3, -0.25) is 4.57 Å². The van der Waals surface area contributed by atoms with Crippen molar-refractivity contribution in [3.8, 4) is 11.8 Å². The van der Waals surface area contributed by atoms with Crippen molar-refractivity contribution in [1.29, 1.82) is 0 Å². The predicted octanol–water partition coefficient (Wildman–Crippen LogP) is 4.89. The first-order valence-corrected chi connectivity index (χ1v) is 11.7. The van der Waals surface area contributed by atoms with E-state index in [1.54, 1.807) is 25.1 Å². The molecule has 0 amide bonds. The van der Waals surface area contributed by atoms with Crippen LogP contribution in [0.25, 0.3) is 0 Å². The Bertz CT molecular complexity index is 967. The van der Waals surface area contributed by atoms with Crippen LogP contribution in [0.4, 0.5) is 13.2 Å². The quantitative estimate of drug-likeness (QED) is 0.283. The van der Waals surface area contributed by atoms with E-state index in [0.717, 1.165) is 12.1 Å². The van der Waals surface area contributed by atoms with Gasteiger partial charge in [-0.25, -0.2) is 0 Å². The van der Waals surface area contributed by atoms with Crippen molar-refractivity contribution in [2.24, 2.45) is 5.73 Å². The summed E-state index contributed by atoms with van der Waals surface area (Å²) in [6, 6.07) is 8.82. The van der Waals surface area contributed by atoms with E-state index in [9.17, 15) is 17.7 Å². The molecule has 1 aromatic carbocycles. The molecule has 9 heteroatoms. The third-order valence-corrected chi connectivity index (χ3v) is 5.62. The molecule has 0 fully saturated rings. The Hall–Kier alpha value is -2.04. The number of hydrogen-bond donors (Lipinski definition) is 3. The zero-order valence-corrected chi connectivity index (χ0v) is 18.2. The smallest absolute Gasteiger partial charge is 0.416 e. The van der Waals surface area contributed by atoms with Gasteiger partial charge < -0.3 is 19.9 Å². The second kappa shape index (κ2) is 10.5. The number of alkyl halides is 3. The Kier molecular flexibility index (Phi) is 8.56. The van der Waals surface area contributed by atoms with E-state index < -0.39 is 24.9 Å². The van der Waals surface area contributed by atoms with Gasteiger partial charge in [0, 0.05) is 18.4 Å². The molecular formula is C22H27F3NO4P. The summed E-state index contributed by atoms with van der Waals surface area (Å²) in [5, 5.41) is 0. The molecule has 0 saturated heterocycles. The maximum Gasteiger partial charge on any atom is 0.416 e. The van der Waals surface area contributed by atoms with E-state index >= 15 is 0 Å². The maximum atomic E-state index is 12.7. The van der Waals surface area contributed by atoms with Crippen molar-refractivity contribution in [2.45, 2.75) is 57.2 Å². The highest BCUT2D eigenvalue weighted by atomic mass is 31.2. The van der Waals surface area contributed by atoms with E-state index in [2.05, 4.69) is 11.8 Å². The number of benzene rings is 1. The Balaban J connectivity index is 1.78. The molecular weight excluding hydrogens is 430 g/mol. The van der Waals surface area contributed by atoms with E-state index in [1.807, 2.05) is 0 Å². The standard InChI is InChI=1S/C22H27F3NO4P/c1-21(26,14-15-31(27,28)29)13-12-20-11-10-19(30-20)9-4-2-3-6-17-7-5-8-18(16-17)22(23,24)25/h5,7-8,10-11,16H,2-3,6,12-15,26H2,1H3,(H2,27,28,29). The van der Waals surface area contributed by atoms with Crippen molar-refractivity contribution in [3.05, 3.63) is 59.0 Å². The molecule has 0 aliphatic carbocycles. The van der Waals surface area contributed by atoms with Crippen molar-refractivity contribution in [3.63, 3.8) is 0 Å². The molecule has 2 rings (SSSR count). The highest BCUT2D eigenvalue weighted by Gasteiger charge is 2.30. The first-order valence-electron chi connectivity index (χ1n) is 9.91. The third kappa shape index (κ3) is 9.75. The van der Waals surface area contributed by atoms with Crippen molar-refractivity contribution >= 4 is 7.60 Å². The predicted molar refractivity (Wildman–Crippen MR) is 112 cm³/mol. The van der Waals surface area contributed by atoms with Gasteiger partial charge in [0.05, 0.1) is 11.7 Å². The Morgan fingerprint density at radius 3 is 2.55 bits per heavy atom. The summed E-state index contributed by atoms with van der Waals surface area (Å²) in [6.45, 7) is 1.75. The van der Waals surface area contributed by atoms with Crippen LogP contribution in [-0.2, 0) is 23.6 Å². The second-order valence-corrected chi connectivity index (χ2v) is 9.69. The van der Waals surface area contributed by atoms with Crippen molar-refractivity contribution < 1.29 is 31.9 Å². The molecule has 0 bridgehead atoms. The fourth-order valence-corrected chi connectivity index (χ4v) is 3.75. The third-order valence-electron chi connectivity index (χ3n) is 4.81. The fourth-order valence-electron chi connectivity index (χ4n) is 2.95. The van der Waals surface area contributed by atoms with Gasteiger partial charge in [0.15, 0.2) is 5.76 Å². The molecule has 170 valence electrons. The first-order chi connectivity index (χ1) is 14.3. The average molecular weight is 457 g/mol. The summed E-state index contributed by atoms with van der Waals surface area (Å²) >= 11 is 0. The number of unbranched alkanes of at least 4 members (excludes halogenated alkanes) is 1. The number of halogens is 3. The zero-order chi connectivity index (χ0) is 23.1. The SMILES string of the molecule is CC(N)(CCc1ccc(C#CCCCc2cccc(C(F)(F)F)c2)o1)CCP(=O)(O)O. The van der Waals surface area contributed by atoms with E-state index in [0.29, 0.717) is 49.2 Å². The summed E-state index contributed by atoms with van der Waals surface area (Å²) in [5.74, 6) is 7.03. The number of aryl methyl sites for hydroxylation is 2. The summed E-state index contributed by atoms with van der Waals surface area (Å²) < 4.78 is 54.8. The van der Waals surface area contributed by atoms with Crippen LogP contribution in [0.5, 0.6) is 0 Å². The molecule has 4 N–H and O–H groups in total. The van der Waals surface area contributed by atoms with Gasteiger partial charge in [-0.15, -0.1) is 0 Å². The topological polar surface area (TPSA) is 96.7 Å². The molecule has 1 aromatic heterocycles. The van der Waals surface area contributed by atoms with Crippen LogP contribution in [0, 0.1) is 11.8 Å². The molecule has 1 atom stereocenters. The van der Waals surface area contributed by atoms with Crippen LogP contribution in [-0.4, -0.2) is 21.5 Å². The molecule has 0 radical (unpaired) electrons. The number of nitrogens with two attached hydrogens (primary N) is 1. The van der Waals surface area contributed by atoms with Gasteiger partial charge in [0.1, 0.15) is 5.76 Å². The summed E-state index contributed by atoms with van der Waals surface area (Å²) in [4.78, 5) is 18.0. The van der Waals surface area contributed by atoms with Gasteiger partial charge in [-0.2, -0.15) is 13.2 Å². The van der Waals surface area contributed by atoms with E-state index in [1.165, 1.54) is 6.07 Å². The van der Waals surface area contributed by atoms with Gasteiger partial charge in [0.2, 0.25) is 0 Å². The van der Waals surface area contributed by atoms with E-state index in [-0.39, 0.29) is 12.6 Å². The number of furan rings is 1. The molecule has 31 heavy (non-hydrogen) atoms.